The molecule has 1 saturated carbocycles. The number of carbonyl (C=O) groups is 1. The molecule has 1 fully saturated rings. The van der Waals surface area contributed by atoms with E-state index in [0.29, 0.717) is 45.8 Å². The summed E-state index contributed by atoms with van der Waals surface area (Å²) in [5.74, 6) is -0.637. The molecule has 3 aromatic rings. The molecule has 0 bridgehead atoms. The van der Waals surface area contributed by atoms with Crippen molar-refractivity contribution < 1.29 is 19.7 Å². The Hall–Kier alpha value is -2.57. The molecule has 0 unspecified atom stereocenters. The number of ether oxygens (including phenoxy) is 1. The number of imidazole rings is 1. The predicted molar refractivity (Wildman–Crippen MR) is 102 cm³/mol. The fraction of sp³-hybridized carbons (Fsp3) is 0.300. The summed E-state index contributed by atoms with van der Waals surface area (Å²) >= 11 is 6.40. The normalized spacial score (nSPS) is 16.0. The molecular formula is C20H19ClN2O4. The van der Waals surface area contributed by atoms with Gasteiger partial charge in [-0.2, -0.15) is 4.98 Å². The second-order valence-corrected chi connectivity index (χ2v) is 7.42. The molecule has 2 aromatic carbocycles. The Kier molecular flexibility index (Phi) is 4.32. The third kappa shape index (κ3) is 3.26. The van der Waals surface area contributed by atoms with Crippen LogP contribution in [0.4, 0.5) is 0 Å². The van der Waals surface area contributed by atoms with Crippen molar-refractivity contribution in [2.45, 2.75) is 38.2 Å². The maximum Gasteiger partial charge on any atom is 0.336 e. The van der Waals surface area contributed by atoms with Gasteiger partial charge in [-0.3, -0.25) is 0 Å². The van der Waals surface area contributed by atoms with E-state index in [4.69, 9.17) is 16.3 Å². The van der Waals surface area contributed by atoms with E-state index in [0.717, 1.165) is 12.8 Å². The van der Waals surface area contributed by atoms with E-state index in [1.807, 2.05) is 6.07 Å². The molecule has 1 heterocycles. The van der Waals surface area contributed by atoms with Gasteiger partial charge in [-0.05, 0) is 49.6 Å². The van der Waals surface area contributed by atoms with Crippen LogP contribution in [-0.4, -0.2) is 26.2 Å². The zero-order chi connectivity index (χ0) is 19.2. The Morgan fingerprint density at radius 3 is 2.70 bits per heavy atom. The minimum atomic E-state index is -1.01. The molecule has 140 valence electrons. The number of halogens is 1. The third-order valence-corrected chi connectivity index (χ3v) is 5.45. The molecule has 3 N–H and O–H groups in total. The van der Waals surface area contributed by atoms with Gasteiger partial charge in [-0.15, -0.1) is 0 Å². The molecule has 0 saturated heterocycles. The molecule has 1 aliphatic carbocycles. The van der Waals surface area contributed by atoms with E-state index in [2.05, 4.69) is 9.97 Å². The smallest absolute Gasteiger partial charge is 0.336 e. The van der Waals surface area contributed by atoms with Crippen LogP contribution in [0.15, 0.2) is 30.3 Å². The monoisotopic (exact) mass is 386 g/mol. The number of hydrogen-bond acceptors (Lipinski definition) is 4. The van der Waals surface area contributed by atoms with Gasteiger partial charge >= 0.3 is 5.97 Å². The van der Waals surface area contributed by atoms with E-state index >= 15 is 0 Å². The van der Waals surface area contributed by atoms with Gasteiger partial charge < -0.3 is 19.9 Å². The lowest BCUT2D eigenvalue weighted by molar-refractivity contribution is 0.0447. The highest BCUT2D eigenvalue weighted by atomic mass is 35.5. The molecule has 1 aliphatic rings. The number of aliphatic hydroxyl groups is 1. The summed E-state index contributed by atoms with van der Waals surface area (Å²) in [6.07, 6.45) is 3.33. The number of fused-ring (bicyclic) bond motifs is 1. The molecule has 0 atom stereocenters. The number of nitrogens with one attached hydrogen (secondary N) is 1. The van der Waals surface area contributed by atoms with Crippen LogP contribution in [0.5, 0.6) is 11.8 Å². The van der Waals surface area contributed by atoms with Crippen molar-refractivity contribution in [1.29, 1.82) is 0 Å². The number of hydrogen-bond donors (Lipinski definition) is 3. The first-order chi connectivity index (χ1) is 12.9. The number of carboxylic acid groups (broad SMARTS) is 1. The van der Waals surface area contributed by atoms with Crippen molar-refractivity contribution in [3.05, 3.63) is 52.0 Å². The molecule has 6 nitrogen and oxygen atoms in total. The zero-order valence-electron chi connectivity index (χ0n) is 14.8. The second kappa shape index (κ2) is 6.55. The summed E-state index contributed by atoms with van der Waals surface area (Å²) in [5, 5.41) is 20.6. The lowest BCUT2D eigenvalue weighted by Crippen LogP contribution is -2.21. The lowest BCUT2D eigenvalue weighted by Gasteiger charge is -2.23. The number of benzene rings is 2. The van der Waals surface area contributed by atoms with Crippen molar-refractivity contribution in [3.8, 4) is 11.8 Å². The van der Waals surface area contributed by atoms with Crippen LogP contribution in [0.2, 0.25) is 5.02 Å². The fourth-order valence-corrected chi connectivity index (χ4v) is 3.98. The van der Waals surface area contributed by atoms with Gasteiger partial charge in [0.2, 0.25) is 0 Å². The van der Waals surface area contributed by atoms with Gasteiger partial charge in [0.25, 0.3) is 6.01 Å². The first kappa shape index (κ1) is 17.8. The molecule has 1 aromatic heterocycles. The van der Waals surface area contributed by atoms with Crippen LogP contribution in [-0.2, 0) is 5.60 Å². The highest BCUT2D eigenvalue weighted by Crippen LogP contribution is 2.42. The molecule has 0 spiro atoms. The molecule has 0 radical (unpaired) electrons. The third-order valence-electron chi connectivity index (χ3n) is 5.14. The van der Waals surface area contributed by atoms with Crippen molar-refractivity contribution in [2.75, 3.05) is 0 Å². The quantitative estimate of drug-likeness (QED) is 0.599. The average molecular weight is 387 g/mol. The summed E-state index contributed by atoms with van der Waals surface area (Å²) in [6.45, 7) is 1.73. The molecule has 0 aliphatic heterocycles. The highest BCUT2D eigenvalue weighted by molar-refractivity contribution is 6.32. The van der Waals surface area contributed by atoms with E-state index in [9.17, 15) is 15.0 Å². The molecule has 0 amide bonds. The molecular weight excluding hydrogens is 368 g/mol. The van der Waals surface area contributed by atoms with Crippen LogP contribution < -0.4 is 4.74 Å². The summed E-state index contributed by atoms with van der Waals surface area (Å²) in [6, 6.07) is 8.60. The number of aromatic carboxylic acids is 1. The van der Waals surface area contributed by atoms with E-state index in [1.165, 1.54) is 6.07 Å². The number of aryl methyl sites for hydroxylation is 1. The highest BCUT2D eigenvalue weighted by Gasteiger charge is 2.35. The largest absolute Gasteiger partial charge is 0.478 e. The maximum absolute atomic E-state index is 11.3. The maximum atomic E-state index is 11.3. The van der Waals surface area contributed by atoms with Crippen molar-refractivity contribution in [2.24, 2.45) is 0 Å². The van der Waals surface area contributed by atoms with Gasteiger partial charge in [-0.1, -0.05) is 30.5 Å². The first-order valence-corrected chi connectivity index (χ1v) is 9.17. The fourth-order valence-electron chi connectivity index (χ4n) is 3.65. The van der Waals surface area contributed by atoms with Crippen LogP contribution in [0, 0.1) is 6.92 Å². The van der Waals surface area contributed by atoms with Crippen LogP contribution in [0.3, 0.4) is 0 Å². The van der Waals surface area contributed by atoms with Crippen molar-refractivity contribution >= 4 is 28.6 Å². The van der Waals surface area contributed by atoms with Crippen molar-refractivity contribution in [1.82, 2.24) is 9.97 Å². The van der Waals surface area contributed by atoms with E-state index in [-0.39, 0.29) is 11.6 Å². The Bertz CT molecular complexity index is 1040. The van der Waals surface area contributed by atoms with Gasteiger partial charge in [-0.25, -0.2) is 4.79 Å². The van der Waals surface area contributed by atoms with E-state index in [1.54, 1.807) is 25.1 Å². The minimum Gasteiger partial charge on any atom is -0.478 e. The van der Waals surface area contributed by atoms with Gasteiger partial charge in [0.05, 0.1) is 22.2 Å². The molecule has 4 rings (SSSR count). The summed E-state index contributed by atoms with van der Waals surface area (Å²) in [7, 11) is 0. The number of carboxylic acids is 1. The second-order valence-electron chi connectivity index (χ2n) is 7.01. The Balaban J connectivity index is 1.68. The van der Waals surface area contributed by atoms with Gasteiger partial charge in [0, 0.05) is 10.6 Å². The standard InChI is InChI=1S/C20H19ClN2O4/c1-11-4-5-12(8-13(11)18(24)25)27-19-22-16-9-14(15(21)10-17(16)23-19)20(26)6-2-3-7-20/h4-5,8-10,26H,2-3,6-7H2,1H3,(H,22,23)(H,24,25). The Morgan fingerprint density at radius 1 is 1.26 bits per heavy atom. The Labute approximate surface area is 160 Å². The van der Waals surface area contributed by atoms with Crippen LogP contribution >= 0.6 is 11.6 Å². The SMILES string of the molecule is Cc1ccc(Oc2nc3cc(Cl)c(C4(O)CCCC4)cc3[nH]2)cc1C(=O)O. The summed E-state index contributed by atoms with van der Waals surface area (Å²) < 4.78 is 5.70. The predicted octanol–water partition coefficient (Wildman–Crippen LogP) is 4.78. The molecule has 27 heavy (non-hydrogen) atoms. The van der Waals surface area contributed by atoms with Crippen LogP contribution in [0.25, 0.3) is 11.0 Å². The number of H-pyrrole nitrogens is 1. The summed E-state index contributed by atoms with van der Waals surface area (Å²) in [5.41, 5.74) is 1.96. The minimum absolute atomic E-state index is 0.178. The van der Waals surface area contributed by atoms with Crippen molar-refractivity contribution in [3.63, 3.8) is 0 Å². The summed E-state index contributed by atoms with van der Waals surface area (Å²) in [4.78, 5) is 18.7. The number of aromatic amines is 1. The zero-order valence-corrected chi connectivity index (χ0v) is 15.5. The molecule has 7 heteroatoms. The average Bonchev–Trinajstić information content (AvgIpc) is 3.21. The number of aromatic nitrogens is 2. The Morgan fingerprint density at radius 2 is 2.00 bits per heavy atom. The number of nitrogens with zero attached hydrogens (tertiary/aromatic N) is 1. The van der Waals surface area contributed by atoms with Gasteiger partial charge in [0.15, 0.2) is 0 Å². The van der Waals surface area contributed by atoms with Gasteiger partial charge in [0.1, 0.15) is 5.75 Å². The van der Waals surface area contributed by atoms with Crippen LogP contribution in [0.1, 0.15) is 47.2 Å². The van der Waals surface area contributed by atoms with E-state index < -0.39 is 11.6 Å². The first-order valence-electron chi connectivity index (χ1n) is 8.80. The number of rotatable bonds is 4. The lowest BCUT2D eigenvalue weighted by atomic mass is 9.92. The topological polar surface area (TPSA) is 95.4 Å².